The van der Waals surface area contributed by atoms with Crippen LogP contribution >= 0.6 is 0 Å². The molecule has 4 N–H and O–H groups in total. The second kappa shape index (κ2) is 7.22. The smallest absolute Gasteiger partial charge is 0.230 e. The zero-order valence-electron chi connectivity index (χ0n) is 12.5. The van der Waals surface area contributed by atoms with Gasteiger partial charge < -0.3 is 16.0 Å². The lowest BCUT2D eigenvalue weighted by Gasteiger charge is -2.27. The minimum atomic E-state index is -0.189. The topological polar surface area (TPSA) is 76.6 Å². The lowest BCUT2D eigenvalue weighted by Crippen LogP contribution is -3.13. The Balaban J connectivity index is 1.71. The summed E-state index contributed by atoms with van der Waals surface area (Å²) in [7, 11) is 0. The van der Waals surface area contributed by atoms with E-state index in [1.807, 2.05) is 31.2 Å². The molecular weight excluding hydrogens is 266 g/mol. The van der Waals surface area contributed by atoms with Gasteiger partial charge in [0.15, 0.2) is 0 Å². The number of amides is 2. The van der Waals surface area contributed by atoms with Gasteiger partial charge in [0, 0.05) is 24.4 Å². The van der Waals surface area contributed by atoms with Crippen molar-refractivity contribution < 1.29 is 14.5 Å². The largest absolute Gasteiger partial charge is 0.369 e. The Bertz CT molecular complexity index is 508. The van der Waals surface area contributed by atoms with Crippen LogP contribution in [0.15, 0.2) is 24.3 Å². The van der Waals surface area contributed by atoms with Crippen LogP contribution in [0.4, 0.5) is 5.69 Å². The molecule has 1 heterocycles. The first-order valence-corrected chi connectivity index (χ1v) is 7.54. The molecule has 1 aromatic carbocycles. The molecule has 0 spiro atoms. The Hall–Kier alpha value is -1.88. The molecule has 114 valence electrons. The van der Waals surface area contributed by atoms with Gasteiger partial charge in [-0.25, -0.2) is 0 Å². The van der Waals surface area contributed by atoms with Crippen LogP contribution in [0, 0.1) is 12.8 Å². The van der Waals surface area contributed by atoms with Crippen LogP contribution in [0.25, 0.3) is 0 Å². The predicted molar refractivity (Wildman–Crippen MR) is 81.9 cm³/mol. The third kappa shape index (κ3) is 4.86. The molecule has 1 saturated heterocycles. The van der Waals surface area contributed by atoms with Crippen molar-refractivity contribution in [2.24, 2.45) is 11.7 Å². The molecule has 0 bridgehead atoms. The average molecular weight is 290 g/mol. The third-order valence-electron chi connectivity index (χ3n) is 4.10. The number of nitrogens with one attached hydrogen (secondary N) is 2. The molecule has 21 heavy (non-hydrogen) atoms. The molecular formula is C16H24N3O2+. The van der Waals surface area contributed by atoms with Crippen molar-refractivity contribution >= 4 is 17.5 Å². The van der Waals surface area contributed by atoms with E-state index in [-0.39, 0.29) is 17.7 Å². The second-order valence-corrected chi connectivity index (χ2v) is 5.84. The van der Waals surface area contributed by atoms with Gasteiger partial charge in [-0.05, 0) is 24.6 Å². The molecule has 5 heteroatoms. The van der Waals surface area contributed by atoms with E-state index in [4.69, 9.17) is 5.73 Å². The van der Waals surface area contributed by atoms with Crippen molar-refractivity contribution in [2.75, 3.05) is 25.0 Å². The predicted octanol–water partition coefficient (Wildman–Crippen LogP) is 0.104. The molecule has 0 atom stereocenters. The zero-order chi connectivity index (χ0) is 15.2. The molecule has 0 saturated carbocycles. The SMILES string of the molecule is Cc1cccc(NC(=O)CC[NH+]2CCC(C(N)=O)CC2)c1. The van der Waals surface area contributed by atoms with Gasteiger partial charge in [-0.1, -0.05) is 12.1 Å². The molecule has 1 aromatic rings. The Kier molecular flexibility index (Phi) is 5.33. The van der Waals surface area contributed by atoms with Gasteiger partial charge in [-0.2, -0.15) is 0 Å². The summed E-state index contributed by atoms with van der Waals surface area (Å²) in [4.78, 5) is 24.4. The van der Waals surface area contributed by atoms with Gasteiger partial charge in [0.05, 0.1) is 26.1 Å². The number of hydrogen-bond acceptors (Lipinski definition) is 2. The summed E-state index contributed by atoms with van der Waals surface area (Å²) in [5.41, 5.74) is 7.30. The minimum Gasteiger partial charge on any atom is -0.369 e. The number of benzene rings is 1. The monoisotopic (exact) mass is 290 g/mol. The Morgan fingerprint density at radius 2 is 2.05 bits per heavy atom. The van der Waals surface area contributed by atoms with Crippen molar-refractivity contribution in [1.29, 1.82) is 0 Å². The number of carbonyl (C=O) groups excluding carboxylic acids is 2. The van der Waals surface area contributed by atoms with Gasteiger partial charge in [0.25, 0.3) is 0 Å². The molecule has 1 aliphatic heterocycles. The number of anilines is 1. The number of aryl methyl sites for hydroxylation is 1. The van der Waals surface area contributed by atoms with Crippen LogP contribution in [-0.4, -0.2) is 31.4 Å². The van der Waals surface area contributed by atoms with Crippen molar-refractivity contribution in [3.05, 3.63) is 29.8 Å². The number of primary amides is 1. The maximum atomic E-state index is 11.9. The van der Waals surface area contributed by atoms with E-state index in [9.17, 15) is 9.59 Å². The molecule has 1 fully saturated rings. The molecule has 0 unspecified atom stereocenters. The fourth-order valence-corrected chi connectivity index (χ4v) is 2.80. The molecule has 0 aliphatic carbocycles. The quantitative estimate of drug-likeness (QED) is 0.719. The van der Waals surface area contributed by atoms with Gasteiger partial charge in [-0.3, -0.25) is 9.59 Å². The van der Waals surface area contributed by atoms with E-state index in [0.29, 0.717) is 6.42 Å². The Morgan fingerprint density at radius 1 is 1.33 bits per heavy atom. The Labute approximate surface area is 125 Å². The van der Waals surface area contributed by atoms with Crippen LogP contribution in [-0.2, 0) is 9.59 Å². The number of likely N-dealkylation sites (tertiary alicyclic amines) is 1. The Morgan fingerprint density at radius 3 is 2.67 bits per heavy atom. The molecule has 2 amide bonds. The van der Waals surface area contributed by atoms with Gasteiger partial charge >= 0.3 is 0 Å². The van der Waals surface area contributed by atoms with Crippen molar-refractivity contribution in [3.8, 4) is 0 Å². The molecule has 2 rings (SSSR count). The lowest BCUT2D eigenvalue weighted by atomic mass is 9.96. The minimum absolute atomic E-state index is 0.0230. The lowest BCUT2D eigenvalue weighted by molar-refractivity contribution is -0.905. The van der Waals surface area contributed by atoms with E-state index in [1.165, 1.54) is 4.90 Å². The van der Waals surface area contributed by atoms with E-state index >= 15 is 0 Å². The van der Waals surface area contributed by atoms with E-state index in [0.717, 1.165) is 43.7 Å². The first kappa shape index (κ1) is 15.5. The zero-order valence-corrected chi connectivity index (χ0v) is 12.5. The van der Waals surface area contributed by atoms with Crippen LogP contribution < -0.4 is 16.0 Å². The summed E-state index contributed by atoms with van der Waals surface area (Å²) in [6, 6.07) is 7.80. The fourth-order valence-electron chi connectivity index (χ4n) is 2.80. The highest BCUT2D eigenvalue weighted by molar-refractivity contribution is 5.90. The summed E-state index contributed by atoms with van der Waals surface area (Å²) < 4.78 is 0. The summed E-state index contributed by atoms with van der Waals surface area (Å²) >= 11 is 0. The standard InChI is InChI=1S/C16H23N3O2/c1-12-3-2-4-14(11-12)18-15(20)7-10-19-8-5-13(6-9-19)16(17)21/h2-4,11,13H,5-10H2,1H3,(H2,17,21)(H,18,20)/p+1. The molecule has 5 nitrogen and oxygen atoms in total. The van der Waals surface area contributed by atoms with Crippen molar-refractivity contribution in [1.82, 2.24) is 0 Å². The first-order valence-electron chi connectivity index (χ1n) is 7.54. The highest BCUT2D eigenvalue weighted by Crippen LogP contribution is 2.10. The van der Waals surface area contributed by atoms with Crippen molar-refractivity contribution in [2.45, 2.75) is 26.2 Å². The van der Waals surface area contributed by atoms with Gasteiger partial charge in [0.2, 0.25) is 11.8 Å². The van der Waals surface area contributed by atoms with Gasteiger partial charge in [-0.15, -0.1) is 0 Å². The summed E-state index contributed by atoms with van der Waals surface area (Å²) in [5.74, 6) is -0.119. The maximum Gasteiger partial charge on any atom is 0.230 e. The number of rotatable bonds is 5. The number of carbonyl (C=O) groups is 2. The number of quaternary nitrogens is 1. The normalized spacial score (nSPS) is 21.8. The van der Waals surface area contributed by atoms with Crippen LogP contribution in [0.3, 0.4) is 0 Å². The van der Waals surface area contributed by atoms with E-state index in [1.54, 1.807) is 0 Å². The molecule has 1 aliphatic rings. The van der Waals surface area contributed by atoms with E-state index < -0.39 is 0 Å². The van der Waals surface area contributed by atoms with Gasteiger partial charge in [0.1, 0.15) is 0 Å². The van der Waals surface area contributed by atoms with Crippen LogP contribution in [0.2, 0.25) is 0 Å². The number of nitrogens with two attached hydrogens (primary N) is 1. The second-order valence-electron chi connectivity index (χ2n) is 5.84. The number of hydrogen-bond donors (Lipinski definition) is 3. The third-order valence-corrected chi connectivity index (χ3v) is 4.10. The maximum absolute atomic E-state index is 11.9. The number of piperidine rings is 1. The van der Waals surface area contributed by atoms with Crippen LogP contribution in [0.1, 0.15) is 24.8 Å². The highest BCUT2D eigenvalue weighted by Gasteiger charge is 2.25. The summed E-state index contributed by atoms with van der Waals surface area (Å²) in [6.45, 7) is 4.66. The first-order chi connectivity index (χ1) is 10.0. The highest BCUT2D eigenvalue weighted by atomic mass is 16.2. The fraction of sp³-hybridized carbons (Fsp3) is 0.500. The average Bonchev–Trinajstić information content (AvgIpc) is 2.45. The van der Waals surface area contributed by atoms with Crippen molar-refractivity contribution in [3.63, 3.8) is 0 Å². The van der Waals surface area contributed by atoms with E-state index in [2.05, 4.69) is 5.32 Å². The molecule has 0 aromatic heterocycles. The summed E-state index contributed by atoms with van der Waals surface area (Å²) in [5, 5.41) is 2.92. The van der Waals surface area contributed by atoms with Crippen LogP contribution in [0.5, 0.6) is 0 Å². The summed E-state index contributed by atoms with van der Waals surface area (Å²) in [6.07, 6.45) is 2.18. The molecule has 0 radical (unpaired) electrons.